The Labute approximate surface area is 167 Å². The minimum Gasteiger partial charge on any atom is -0.479 e. The van der Waals surface area contributed by atoms with Gasteiger partial charge in [0.2, 0.25) is 0 Å². The Balaban J connectivity index is 1.38. The summed E-state index contributed by atoms with van der Waals surface area (Å²) in [6.07, 6.45) is 0.876. The number of hydrogen-bond acceptors (Lipinski definition) is 4. The predicted octanol–water partition coefficient (Wildman–Crippen LogP) is 3.31. The SMILES string of the molecule is Cn1ncc2c1CN(C(=O)OCC1c3ccccc3-c3ccccc31)C2C(=O)O. The van der Waals surface area contributed by atoms with E-state index >= 15 is 0 Å². The first-order chi connectivity index (χ1) is 14.1. The van der Waals surface area contributed by atoms with E-state index in [-0.39, 0.29) is 19.1 Å². The molecule has 1 aliphatic heterocycles. The highest BCUT2D eigenvalue weighted by Crippen LogP contribution is 2.44. The van der Waals surface area contributed by atoms with Gasteiger partial charge in [0.1, 0.15) is 6.61 Å². The second-order valence-electron chi connectivity index (χ2n) is 7.34. The van der Waals surface area contributed by atoms with Gasteiger partial charge >= 0.3 is 12.1 Å². The average molecular weight is 389 g/mol. The number of aryl methyl sites for hydroxylation is 1. The number of hydrogen-bond donors (Lipinski definition) is 1. The van der Waals surface area contributed by atoms with Gasteiger partial charge in [-0.1, -0.05) is 48.5 Å². The van der Waals surface area contributed by atoms with E-state index in [2.05, 4.69) is 17.2 Å². The van der Waals surface area contributed by atoms with Crippen molar-refractivity contribution in [2.45, 2.75) is 18.5 Å². The van der Waals surface area contributed by atoms with Crippen LogP contribution in [0, 0.1) is 0 Å². The first kappa shape index (κ1) is 17.5. The maximum Gasteiger partial charge on any atom is 0.411 e. The lowest BCUT2D eigenvalue weighted by Gasteiger charge is -2.23. The van der Waals surface area contributed by atoms with Gasteiger partial charge in [-0.25, -0.2) is 9.59 Å². The van der Waals surface area contributed by atoms with E-state index in [0.29, 0.717) is 11.3 Å². The number of nitrogens with zero attached hydrogens (tertiary/aromatic N) is 3. The molecule has 146 valence electrons. The molecule has 7 heteroatoms. The average Bonchev–Trinajstić information content (AvgIpc) is 3.37. The molecule has 2 aromatic carbocycles. The maximum absolute atomic E-state index is 12.8. The standard InChI is InChI=1S/C22H19N3O4/c1-24-19-11-25(20(21(26)27)17(19)10-23-24)22(28)29-12-18-15-8-4-2-6-13(15)14-7-3-5-9-16(14)18/h2-10,18,20H,11-12H2,1H3,(H,26,27). The number of aliphatic carboxylic acids is 1. The van der Waals surface area contributed by atoms with Crippen molar-refractivity contribution in [3.63, 3.8) is 0 Å². The third-order valence-electron chi connectivity index (χ3n) is 5.82. The molecular formula is C22H19N3O4. The van der Waals surface area contributed by atoms with Gasteiger partial charge in [0, 0.05) is 18.5 Å². The third kappa shape index (κ3) is 2.61. The Hall–Kier alpha value is -3.61. The molecule has 2 heterocycles. The molecule has 2 aliphatic rings. The number of amides is 1. The van der Waals surface area contributed by atoms with Crippen LogP contribution in [0.2, 0.25) is 0 Å². The van der Waals surface area contributed by atoms with Crippen LogP contribution in [0.4, 0.5) is 4.79 Å². The van der Waals surface area contributed by atoms with Crippen LogP contribution >= 0.6 is 0 Å². The normalized spacial score (nSPS) is 17.0. The summed E-state index contributed by atoms with van der Waals surface area (Å²) >= 11 is 0. The van der Waals surface area contributed by atoms with Crippen LogP contribution in [0.25, 0.3) is 11.1 Å². The van der Waals surface area contributed by atoms with Gasteiger partial charge in [0.05, 0.1) is 18.4 Å². The molecule has 1 aromatic heterocycles. The maximum atomic E-state index is 12.8. The molecule has 0 saturated heterocycles. The largest absolute Gasteiger partial charge is 0.479 e. The number of carbonyl (C=O) groups excluding carboxylic acids is 1. The monoisotopic (exact) mass is 389 g/mol. The highest BCUT2D eigenvalue weighted by Gasteiger charge is 2.42. The number of aromatic nitrogens is 2. The summed E-state index contributed by atoms with van der Waals surface area (Å²) in [5.74, 6) is -1.16. The van der Waals surface area contributed by atoms with Gasteiger partial charge in [0.15, 0.2) is 6.04 Å². The Bertz CT molecular complexity index is 1090. The van der Waals surface area contributed by atoms with E-state index in [4.69, 9.17) is 4.74 Å². The van der Waals surface area contributed by atoms with Gasteiger partial charge in [-0.05, 0) is 22.3 Å². The minimum absolute atomic E-state index is 0.0683. The molecule has 3 aromatic rings. The fourth-order valence-corrected chi connectivity index (χ4v) is 4.44. The molecule has 29 heavy (non-hydrogen) atoms. The highest BCUT2D eigenvalue weighted by molar-refractivity contribution is 5.83. The summed E-state index contributed by atoms with van der Waals surface area (Å²) in [7, 11) is 1.74. The lowest BCUT2D eigenvalue weighted by molar-refractivity contribution is -0.142. The van der Waals surface area contributed by atoms with Crippen LogP contribution < -0.4 is 0 Å². The van der Waals surface area contributed by atoms with Crippen LogP contribution in [-0.4, -0.2) is 38.5 Å². The van der Waals surface area contributed by atoms with Crippen molar-refractivity contribution >= 4 is 12.1 Å². The number of benzene rings is 2. The molecule has 0 bridgehead atoms. The van der Waals surface area contributed by atoms with E-state index in [1.54, 1.807) is 11.7 Å². The van der Waals surface area contributed by atoms with Gasteiger partial charge in [-0.15, -0.1) is 0 Å². The Morgan fingerprint density at radius 3 is 2.31 bits per heavy atom. The van der Waals surface area contributed by atoms with E-state index < -0.39 is 18.1 Å². The van der Waals surface area contributed by atoms with Crippen molar-refractivity contribution in [2.24, 2.45) is 7.05 Å². The van der Waals surface area contributed by atoms with E-state index in [0.717, 1.165) is 22.3 Å². The molecule has 1 amide bonds. The summed E-state index contributed by atoms with van der Waals surface area (Å²) in [5, 5.41) is 13.7. The molecular weight excluding hydrogens is 370 g/mol. The van der Waals surface area contributed by atoms with Crippen molar-refractivity contribution in [3.8, 4) is 11.1 Å². The lowest BCUT2D eigenvalue weighted by atomic mass is 9.98. The fraction of sp³-hybridized carbons (Fsp3) is 0.227. The first-order valence-corrected chi connectivity index (χ1v) is 9.41. The molecule has 0 spiro atoms. The molecule has 0 fully saturated rings. The van der Waals surface area contributed by atoms with Crippen LogP contribution in [0.3, 0.4) is 0 Å². The van der Waals surface area contributed by atoms with Gasteiger partial charge < -0.3 is 9.84 Å². The Kier molecular flexibility index (Phi) is 3.91. The molecule has 1 N–H and O–H groups in total. The number of fused-ring (bicyclic) bond motifs is 4. The van der Waals surface area contributed by atoms with Crippen molar-refractivity contribution < 1.29 is 19.4 Å². The predicted molar refractivity (Wildman–Crippen MR) is 104 cm³/mol. The third-order valence-corrected chi connectivity index (χ3v) is 5.82. The summed E-state index contributed by atoms with van der Waals surface area (Å²) in [6, 6.07) is 15.1. The molecule has 0 radical (unpaired) electrons. The molecule has 1 unspecified atom stereocenters. The van der Waals surface area contributed by atoms with Gasteiger partial charge in [-0.3, -0.25) is 9.58 Å². The summed E-state index contributed by atoms with van der Waals surface area (Å²) in [6.45, 7) is 0.323. The van der Waals surface area contributed by atoms with E-state index in [1.807, 2.05) is 36.4 Å². The molecule has 0 saturated carbocycles. The topological polar surface area (TPSA) is 84.7 Å². The van der Waals surface area contributed by atoms with Crippen LogP contribution in [0.1, 0.15) is 34.3 Å². The quantitative estimate of drug-likeness (QED) is 0.743. The van der Waals surface area contributed by atoms with Crippen LogP contribution in [0.15, 0.2) is 54.7 Å². The van der Waals surface area contributed by atoms with Crippen molar-refractivity contribution in [1.82, 2.24) is 14.7 Å². The number of carboxylic acid groups (broad SMARTS) is 1. The Morgan fingerprint density at radius 1 is 1.07 bits per heavy atom. The second-order valence-corrected chi connectivity index (χ2v) is 7.34. The van der Waals surface area contributed by atoms with Gasteiger partial charge in [-0.2, -0.15) is 5.10 Å². The lowest BCUT2D eigenvalue weighted by Crippen LogP contribution is -2.35. The number of rotatable bonds is 3. The summed E-state index contributed by atoms with van der Waals surface area (Å²) < 4.78 is 7.24. The number of carbonyl (C=O) groups is 2. The van der Waals surface area contributed by atoms with Gasteiger partial charge in [0.25, 0.3) is 0 Å². The van der Waals surface area contributed by atoms with Crippen molar-refractivity contribution in [2.75, 3.05) is 6.61 Å². The zero-order valence-corrected chi connectivity index (χ0v) is 15.8. The summed E-state index contributed by atoms with van der Waals surface area (Å²) in [5.41, 5.74) is 5.77. The zero-order chi connectivity index (χ0) is 20.1. The second kappa shape index (κ2) is 6.48. The first-order valence-electron chi connectivity index (χ1n) is 9.41. The summed E-state index contributed by atoms with van der Waals surface area (Å²) in [4.78, 5) is 25.9. The van der Waals surface area contributed by atoms with Crippen molar-refractivity contribution in [3.05, 3.63) is 77.1 Å². The Morgan fingerprint density at radius 2 is 1.69 bits per heavy atom. The number of carboxylic acids is 1. The molecule has 5 rings (SSSR count). The van der Waals surface area contributed by atoms with Crippen LogP contribution in [-0.2, 0) is 23.1 Å². The minimum atomic E-state index is -1.09. The van der Waals surface area contributed by atoms with E-state index in [1.165, 1.54) is 11.1 Å². The molecule has 1 atom stereocenters. The highest BCUT2D eigenvalue weighted by atomic mass is 16.6. The fourth-order valence-electron chi connectivity index (χ4n) is 4.44. The molecule has 7 nitrogen and oxygen atoms in total. The molecule has 1 aliphatic carbocycles. The van der Waals surface area contributed by atoms with Crippen molar-refractivity contribution in [1.29, 1.82) is 0 Å². The number of ether oxygens (including phenoxy) is 1. The van der Waals surface area contributed by atoms with E-state index in [9.17, 15) is 14.7 Å². The van der Waals surface area contributed by atoms with Crippen LogP contribution in [0.5, 0.6) is 0 Å². The zero-order valence-electron chi connectivity index (χ0n) is 15.8. The smallest absolute Gasteiger partial charge is 0.411 e.